The quantitative estimate of drug-likeness (QED) is 0.843. The molecule has 1 N–H and O–H groups in total. The number of benzene rings is 1. The Bertz CT molecular complexity index is 408. The fraction of sp³-hybridized carbons (Fsp3) is 0.462. The maximum atomic E-state index is 10.7. The van der Waals surface area contributed by atoms with Gasteiger partial charge in [0.05, 0.1) is 5.92 Å². The van der Waals surface area contributed by atoms with E-state index in [1.165, 1.54) is 16.7 Å². The van der Waals surface area contributed by atoms with E-state index in [1.807, 2.05) is 0 Å². The van der Waals surface area contributed by atoms with Gasteiger partial charge in [-0.2, -0.15) is 0 Å². The lowest BCUT2D eigenvalue weighted by Gasteiger charge is -2.37. The van der Waals surface area contributed by atoms with Crippen molar-refractivity contribution in [1.29, 1.82) is 0 Å². The molecule has 0 radical (unpaired) electrons. The number of likely N-dealkylation sites (tertiary alicyclic amines) is 1. The van der Waals surface area contributed by atoms with Crippen LogP contribution in [0.1, 0.15) is 16.7 Å². The predicted molar refractivity (Wildman–Crippen MR) is 62.3 cm³/mol. The van der Waals surface area contributed by atoms with Crippen LogP contribution < -0.4 is 0 Å². The van der Waals surface area contributed by atoms with E-state index >= 15 is 0 Å². The monoisotopic (exact) mass is 219 g/mol. The number of hydrogen-bond donors (Lipinski definition) is 1. The number of aryl methyl sites for hydroxylation is 2. The van der Waals surface area contributed by atoms with Gasteiger partial charge >= 0.3 is 5.97 Å². The van der Waals surface area contributed by atoms with E-state index in [0.717, 1.165) is 6.54 Å². The van der Waals surface area contributed by atoms with Gasteiger partial charge in [0, 0.05) is 19.6 Å². The lowest BCUT2D eigenvalue weighted by molar-refractivity contribution is -0.147. The number of nitrogens with zero attached hydrogens (tertiary/aromatic N) is 1. The molecule has 0 spiro atoms. The summed E-state index contributed by atoms with van der Waals surface area (Å²) in [6.07, 6.45) is 0. The highest BCUT2D eigenvalue weighted by atomic mass is 16.4. The Hall–Kier alpha value is -1.35. The van der Waals surface area contributed by atoms with Gasteiger partial charge in [0.1, 0.15) is 0 Å². The smallest absolute Gasteiger partial charge is 0.309 e. The summed E-state index contributed by atoms with van der Waals surface area (Å²) < 4.78 is 0. The zero-order valence-corrected chi connectivity index (χ0v) is 9.73. The van der Waals surface area contributed by atoms with Crippen LogP contribution in [0.3, 0.4) is 0 Å². The molecule has 0 amide bonds. The third kappa shape index (κ3) is 2.25. The molecule has 0 atom stereocenters. The van der Waals surface area contributed by atoms with Crippen molar-refractivity contribution in [1.82, 2.24) is 4.90 Å². The fourth-order valence-corrected chi connectivity index (χ4v) is 2.07. The number of carboxylic acid groups (broad SMARTS) is 1. The molecule has 0 aromatic heterocycles. The van der Waals surface area contributed by atoms with Gasteiger partial charge in [0.25, 0.3) is 0 Å². The highest BCUT2D eigenvalue weighted by Gasteiger charge is 2.32. The Kier molecular flexibility index (Phi) is 2.97. The van der Waals surface area contributed by atoms with E-state index in [0.29, 0.717) is 13.1 Å². The van der Waals surface area contributed by atoms with Crippen LogP contribution in [0.4, 0.5) is 0 Å². The number of aliphatic carboxylic acids is 1. The normalized spacial score (nSPS) is 17.1. The Balaban J connectivity index is 1.96. The van der Waals surface area contributed by atoms with Crippen molar-refractivity contribution in [2.24, 2.45) is 5.92 Å². The molecule has 2 rings (SSSR count). The van der Waals surface area contributed by atoms with Gasteiger partial charge in [-0.05, 0) is 25.0 Å². The summed E-state index contributed by atoms with van der Waals surface area (Å²) in [5.74, 6) is -0.831. The summed E-state index contributed by atoms with van der Waals surface area (Å²) >= 11 is 0. The molecule has 16 heavy (non-hydrogen) atoms. The lowest BCUT2D eigenvalue weighted by atomic mass is 9.98. The predicted octanol–water partition coefficient (Wildman–Crippen LogP) is 1.82. The van der Waals surface area contributed by atoms with Crippen molar-refractivity contribution < 1.29 is 9.90 Å². The molecular weight excluding hydrogens is 202 g/mol. The van der Waals surface area contributed by atoms with E-state index in [1.54, 1.807) is 0 Å². The maximum absolute atomic E-state index is 10.7. The second kappa shape index (κ2) is 4.26. The van der Waals surface area contributed by atoms with Crippen LogP contribution in [-0.2, 0) is 11.3 Å². The van der Waals surface area contributed by atoms with Crippen LogP contribution >= 0.6 is 0 Å². The largest absolute Gasteiger partial charge is 0.481 e. The lowest BCUT2D eigenvalue weighted by Crippen LogP contribution is -2.49. The second-order valence-corrected chi connectivity index (χ2v) is 4.66. The van der Waals surface area contributed by atoms with Crippen LogP contribution in [0.15, 0.2) is 18.2 Å². The first-order valence-corrected chi connectivity index (χ1v) is 5.57. The highest BCUT2D eigenvalue weighted by Crippen LogP contribution is 2.20. The molecule has 1 aliphatic heterocycles. The topological polar surface area (TPSA) is 40.5 Å². The van der Waals surface area contributed by atoms with E-state index in [-0.39, 0.29) is 5.92 Å². The molecule has 3 heteroatoms. The second-order valence-electron chi connectivity index (χ2n) is 4.66. The molecule has 1 aromatic carbocycles. The van der Waals surface area contributed by atoms with Crippen molar-refractivity contribution in [3.05, 3.63) is 34.9 Å². The number of carboxylic acids is 1. The Morgan fingerprint density at radius 2 is 2.12 bits per heavy atom. The van der Waals surface area contributed by atoms with Crippen LogP contribution in [0.2, 0.25) is 0 Å². The molecule has 86 valence electrons. The first kappa shape index (κ1) is 11.1. The summed E-state index contributed by atoms with van der Waals surface area (Å²) in [4.78, 5) is 12.9. The van der Waals surface area contributed by atoms with Gasteiger partial charge in [-0.3, -0.25) is 9.69 Å². The minimum atomic E-state index is -0.669. The Labute approximate surface area is 95.7 Å². The van der Waals surface area contributed by atoms with Crippen LogP contribution in [0.5, 0.6) is 0 Å². The van der Waals surface area contributed by atoms with Crippen molar-refractivity contribution in [3.63, 3.8) is 0 Å². The van der Waals surface area contributed by atoms with Crippen molar-refractivity contribution in [2.45, 2.75) is 20.4 Å². The zero-order valence-electron chi connectivity index (χ0n) is 9.73. The fourth-order valence-electron chi connectivity index (χ4n) is 2.07. The van der Waals surface area contributed by atoms with Crippen molar-refractivity contribution in [3.8, 4) is 0 Å². The van der Waals surface area contributed by atoms with E-state index in [4.69, 9.17) is 5.11 Å². The summed E-state index contributed by atoms with van der Waals surface area (Å²) in [6.45, 7) is 6.42. The summed E-state index contributed by atoms with van der Waals surface area (Å²) in [7, 11) is 0. The third-order valence-corrected chi connectivity index (χ3v) is 3.20. The van der Waals surface area contributed by atoms with Gasteiger partial charge in [-0.25, -0.2) is 0 Å². The van der Waals surface area contributed by atoms with Gasteiger partial charge in [0.2, 0.25) is 0 Å². The average molecular weight is 219 g/mol. The van der Waals surface area contributed by atoms with Crippen LogP contribution in [0.25, 0.3) is 0 Å². The standard InChI is InChI=1S/C13H17NO2/c1-9-3-4-10(2)11(5-9)6-14-7-12(8-14)13(15)16/h3-5,12H,6-8H2,1-2H3,(H,15,16). The molecule has 1 aromatic rings. The van der Waals surface area contributed by atoms with E-state index in [2.05, 4.69) is 36.9 Å². The van der Waals surface area contributed by atoms with Crippen molar-refractivity contribution >= 4 is 5.97 Å². The molecule has 1 heterocycles. The maximum Gasteiger partial charge on any atom is 0.309 e. The molecule has 1 saturated heterocycles. The number of hydrogen-bond acceptors (Lipinski definition) is 2. The Morgan fingerprint density at radius 3 is 2.75 bits per heavy atom. The van der Waals surface area contributed by atoms with Crippen LogP contribution in [0, 0.1) is 19.8 Å². The molecule has 1 aliphatic rings. The highest BCUT2D eigenvalue weighted by molar-refractivity contribution is 5.71. The van der Waals surface area contributed by atoms with Gasteiger partial charge in [-0.15, -0.1) is 0 Å². The molecule has 0 bridgehead atoms. The first-order valence-electron chi connectivity index (χ1n) is 5.57. The number of rotatable bonds is 3. The molecule has 3 nitrogen and oxygen atoms in total. The van der Waals surface area contributed by atoms with Gasteiger partial charge in [0.15, 0.2) is 0 Å². The van der Waals surface area contributed by atoms with Gasteiger partial charge in [-0.1, -0.05) is 23.8 Å². The first-order chi connectivity index (χ1) is 7.56. The SMILES string of the molecule is Cc1ccc(C)c(CN2CC(C(=O)O)C2)c1. The number of carbonyl (C=O) groups is 1. The van der Waals surface area contributed by atoms with Crippen LogP contribution in [-0.4, -0.2) is 29.1 Å². The van der Waals surface area contributed by atoms with E-state index in [9.17, 15) is 4.79 Å². The minimum Gasteiger partial charge on any atom is -0.481 e. The summed E-state index contributed by atoms with van der Waals surface area (Å²) in [5.41, 5.74) is 3.85. The molecular formula is C13H17NO2. The van der Waals surface area contributed by atoms with Gasteiger partial charge < -0.3 is 5.11 Å². The molecule has 0 saturated carbocycles. The molecule has 0 unspecified atom stereocenters. The molecule has 0 aliphatic carbocycles. The van der Waals surface area contributed by atoms with E-state index < -0.39 is 5.97 Å². The zero-order chi connectivity index (χ0) is 11.7. The summed E-state index contributed by atoms with van der Waals surface area (Å²) in [6, 6.07) is 6.41. The minimum absolute atomic E-state index is 0.162. The summed E-state index contributed by atoms with van der Waals surface area (Å²) in [5, 5.41) is 8.79. The molecule has 1 fully saturated rings. The Morgan fingerprint density at radius 1 is 1.44 bits per heavy atom. The third-order valence-electron chi connectivity index (χ3n) is 3.20. The average Bonchev–Trinajstić information content (AvgIpc) is 2.15. The van der Waals surface area contributed by atoms with Crippen molar-refractivity contribution in [2.75, 3.05) is 13.1 Å².